The Labute approximate surface area is 149 Å². The van der Waals surface area contributed by atoms with Crippen LogP contribution in [0.4, 0.5) is 14.5 Å². The number of carbonyl (C=O) groups is 3. The second-order valence-electron chi connectivity index (χ2n) is 5.42. The molecule has 3 N–H and O–H groups in total. The third kappa shape index (κ3) is 7.88. The molecule has 0 aromatic heterocycles. The van der Waals surface area contributed by atoms with Gasteiger partial charge in [0.25, 0.3) is 0 Å². The Morgan fingerprint density at radius 1 is 1.23 bits per heavy atom. The Hall–Kier alpha value is -2.75. The molecule has 8 nitrogen and oxygen atoms in total. The Kier molecular flexibility index (Phi) is 8.43. The first-order valence-corrected chi connectivity index (χ1v) is 7.75. The molecule has 0 saturated carbocycles. The number of carbonyl (C=O) groups excluding carboxylic acids is 2. The molecule has 10 heteroatoms. The first-order chi connectivity index (χ1) is 12.2. The van der Waals surface area contributed by atoms with Crippen molar-refractivity contribution in [1.29, 1.82) is 0 Å². The molecule has 0 heterocycles. The van der Waals surface area contributed by atoms with Crippen molar-refractivity contribution in [3.63, 3.8) is 0 Å². The number of alkyl halides is 2. The zero-order chi connectivity index (χ0) is 19.7. The Morgan fingerprint density at radius 2 is 1.85 bits per heavy atom. The predicted octanol–water partition coefficient (Wildman–Crippen LogP) is 1.14. The fraction of sp³-hybridized carbons (Fsp3) is 0.438. The largest absolute Gasteiger partial charge is 0.480 e. The Bertz CT molecular complexity index is 625. The van der Waals surface area contributed by atoms with Gasteiger partial charge in [-0.1, -0.05) is 0 Å². The first-order valence-electron chi connectivity index (χ1n) is 7.75. The highest BCUT2D eigenvalue weighted by Crippen LogP contribution is 2.17. The van der Waals surface area contributed by atoms with Gasteiger partial charge in [0.2, 0.25) is 11.8 Å². The van der Waals surface area contributed by atoms with Gasteiger partial charge < -0.3 is 20.5 Å². The summed E-state index contributed by atoms with van der Waals surface area (Å²) in [6.45, 7) is -0.0341. The van der Waals surface area contributed by atoms with Crippen LogP contribution in [0, 0.1) is 0 Å². The van der Waals surface area contributed by atoms with E-state index in [1.54, 1.807) is 0 Å². The molecular formula is C16H21F2N3O5. The third-order valence-electron chi connectivity index (χ3n) is 3.39. The van der Waals surface area contributed by atoms with Gasteiger partial charge in [-0.3, -0.25) is 19.3 Å². The highest BCUT2D eigenvalue weighted by atomic mass is 19.3. The molecule has 1 aromatic rings. The number of halogens is 2. The van der Waals surface area contributed by atoms with Gasteiger partial charge in [-0.2, -0.15) is 8.78 Å². The Morgan fingerprint density at radius 3 is 2.35 bits per heavy atom. The van der Waals surface area contributed by atoms with Crippen LogP contribution < -0.4 is 15.4 Å². The molecule has 0 bridgehead atoms. The number of nitrogens with zero attached hydrogens (tertiary/aromatic N) is 1. The van der Waals surface area contributed by atoms with E-state index in [0.717, 1.165) is 0 Å². The van der Waals surface area contributed by atoms with E-state index in [2.05, 4.69) is 15.4 Å². The van der Waals surface area contributed by atoms with Crippen LogP contribution in [-0.2, 0) is 14.4 Å². The van der Waals surface area contributed by atoms with Crippen LogP contribution in [0.5, 0.6) is 5.75 Å². The number of rotatable bonds is 10. The van der Waals surface area contributed by atoms with Crippen molar-refractivity contribution < 1.29 is 33.0 Å². The number of hydrogen-bond acceptors (Lipinski definition) is 5. The van der Waals surface area contributed by atoms with Crippen molar-refractivity contribution in [3.8, 4) is 5.75 Å². The van der Waals surface area contributed by atoms with Crippen molar-refractivity contribution in [2.45, 2.75) is 26.5 Å². The molecule has 1 unspecified atom stereocenters. The lowest BCUT2D eigenvalue weighted by Crippen LogP contribution is -2.46. The van der Waals surface area contributed by atoms with Crippen molar-refractivity contribution >= 4 is 23.5 Å². The average Bonchev–Trinajstić information content (AvgIpc) is 2.54. The van der Waals surface area contributed by atoms with Crippen LogP contribution in [0.25, 0.3) is 0 Å². The number of benzene rings is 1. The molecule has 0 aliphatic heterocycles. The van der Waals surface area contributed by atoms with Crippen LogP contribution in [0.2, 0.25) is 0 Å². The Balaban J connectivity index is 2.64. The van der Waals surface area contributed by atoms with Crippen molar-refractivity contribution in [3.05, 3.63) is 24.3 Å². The maximum Gasteiger partial charge on any atom is 0.387 e. The smallest absolute Gasteiger partial charge is 0.387 e. The zero-order valence-electron chi connectivity index (χ0n) is 14.4. The van der Waals surface area contributed by atoms with Gasteiger partial charge in [0.15, 0.2) is 0 Å². The summed E-state index contributed by atoms with van der Waals surface area (Å²) in [6.07, 6.45) is 0. The monoisotopic (exact) mass is 373 g/mol. The van der Waals surface area contributed by atoms with Crippen LogP contribution in [0.15, 0.2) is 24.3 Å². The van der Waals surface area contributed by atoms with E-state index in [9.17, 15) is 23.2 Å². The van der Waals surface area contributed by atoms with Gasteiger partial charge in [0.05, 0.1) is 6.54 Å². The predicted molar refractivity (Wildman–Crippen MR) is 89.1 cm³/mol. The fourth-order valence-electron chi connectivity index (χ4n) is 2.05. The van der Waals surface area contributed by atoms with Crippen molar-refractivity contribution in [1.82, 2.24) is 10.2 Å². The molecule has 0 aliphatic carbocycles. The summed E-state index contributed by atoms with van der Waals surface area (Å²) in [5.41, 5.74) is 0.349. The lowest BCUT2D eigenvalue weighted by Gasteiger charge is -2.25. The van der Waals surface area contributed by atoms with Crippen LogP contribution in [0.3, 0.4) is 0 Å². The van der Waals surface area contributed by atoms with Gasteiger partial charge in [-0.15, -0.1) is 0 Å². The minimum absolute atomic E-state index is 0.0468. The topological polar surface area (TPSA) is 108 Å². The molecule has 1 atom stereocenters. The molecule has 1 rings (SSSR count). The highest BCUT2D eigenvalue weighted by Gasteiger charge is 2.22. The number of nitrogens with one attached hydrogen (secondary N) is 2. The number of amides is 2. The SMILES string of the molecule is CC(=O)NCCN(CC(=O)Nc1ccc(OC(F)F)cc1)C(C)C(=O)O. The number of ether oxygens (including phenoxy) is 1. The van der Waals surface area contributed by atoms with E-state index < -0.39 is 24.5 Å². The number of carboxylic acid groups (broad SMARTS) is 1. The molecule has 0 saturated heterocycles. The molecule has 2 amide bonds. The second-order valence-corrected chi connectivity index (χ2v) is 5.42. The van der Waals surface area contributed by atoms with Gasteiger partial charge in [0, 0.05) is 25.7 Å². The number of carboxylic acids is 1. The minimum Gasteiger partial charge on any atom is -0.480 e. The average molecular weight is 373 g/mol. The van der Waals surface area contributed by atoms with Crippen LogP contribution >= 0.6 is 0 Å². The summed E-state index contributed by atoms with van der Waals surface area (Å²) >= 11 is 0. The van der Waals surface area contributed by atoms with E-state index >= 15 is 0 Å². The van der Waals surface area contributed by atoms with E-state index in [1.165, 1.54) is 43.0 Å². The van der Waals surface area contributed by atoms with Crippen LogP contribution in [-0.4, -0.2) is 60.1 Å². The standard InChI is InChI=1S/C16H21F2N3O5/c1-10(15(24)25)21(8-7-19-11(2)22)9-14(23)20-12-3-5-13(6-4-12)26-16(17)18/h3-6,10,16H,7-9H2,1-2H3,(H,19,22)(H,20,23)(H,24,25). The summed E-state index contributed by atoms with van der Waals surface area (Å²) in [5.74, 6) is -1.89. The third-order valence-corrected chi connectivity index (χ3v) is 3.39. The molecule has 0 fully saturated rings. The molecule has 144 valence electrons. The van der Waals surface area contributed by atoms with Crippen LogP contribution in [0.1, 0.15) is 13.8 Å². The van der Waals surface area contributed by atoms with E-state index in [4.69, 9.17) is 5.11 Å². The number of hydrogen-bond donors (Lipinski definition) is 3. The molecule has 26 heavy (non-hydrogen) atoms. The number of aliphatic carboxylic acids is 1. The molecular weight excluding hydrogens is 352 g/mol. The van der Waals surface area contributed by atoms with Gasteiger partial charge in [0.1, 0.15) is 11.8 Å². The lowest BCUT2D eigenvalue weighted by molar-refractivity contribution is -0.142. The molecule has 1 aromatic carbocycles. The van der Waals surface area contributed by atoms with E-state index in [1.807, 2.05) is 0 Å². The highest BCUT2D eigenvalue weighted by molar-refractivity contribution is 5.92. The van der Waals surface area contributed by atoms with Gasteiger partial charge in [-0.25, -0.2) is 0 Å². The molecule has 0 radical (unpaired) electrons. The van der Waals surface area contributed by atoms with Crippen molar-refractivity contribution in [2.75, 3.05) is 25.0 Å². The lowest BCUT2D eigenvalue weighted by atomic mass is 10.2. The van der Waals surface area contributed by atoms with Gasteiger partial charge in [-0.05, 0) is 31.2 Å². The maximum atomic E-state index is 12.1. The van der Waals surface area contributed by atoms with E-state index in [-0.39, 0.29) is 31.3 Å². The fourth-order valence-corrected chi connectivity index (χ4v) is 2.05. The number of anilines is 1. The normalized spacial score (nSPS) is 11.9. The zero-order valence-corrected chi connectivity index (χ0v) is 14.4. The quantitative estimate of drug-likeness (QED) is 0.568. The summed E-state index contributed by atoms with van der Waals surface area (Å²) in [6, 6.07) is 4.39. The van der Waals surface area contributed by atoms with Crippen molar-refractivity contribution in [2.24, 2.45) is 0 Å². The second kappa shape index (κ2) is 10.3. The minimum atomic E-state index is -2.94. The molecule has 0 aliphatic rings. The maximum absolute atomic E-state index is 12.1. The summed E-state index contributed by atoms with van der Waals surface area (Å²) in [4.78, 5) is 35.6. The first kappa shape index (κ1) is 21.3. The summed E-state index contributed by atoms with van der Waals surface area (Å²) in [5, 5.41) is 14.2. The molecule has 0 spiro atoms. The summed E-state index contributed by atoms with van der Waals surface area (Å²) in [7, 11) is 0. The van der Waals surface area contributed by atoms with E-state index in [0.29, 0.717) is 5.69 Å². The van der Waals surface area contributed by atoms with Gasteiger partial charge >= 0.3 is 12.6 Å². The summed E-state index contributed by atoms with van der Waals surface area (Å²) < 4.78 is 28.4.